The van der Waals surface area contributed by atoms with Gasteiger partial charge in [-0.2, -0.15) is 10.2 Å². The van der Waals surface area contributed by atoms with Crippen LogP contribution in [0.2, 0.25) is 0 Å². The third kappa shape index (κ3) is 6.76. The molecule has 8 nitrogen and oxygen atoms in total. The van der Waals surface area contributed by atoms with Gasteiger partial charge in [-0.05, 0) is 71.7 Å². The molecule has 38 heavy (non-hydrogen) atoms. The molecular formula is C30H37N5O3. The first kappa shape index (κ1) is 28.4. The SMILES string of the molecule is CC(C)(C)n1nc(C(N)=O)cc1-c1ccccc1.CCOC(=O)c1cc(-c2ccccc2)n(C(C)(C)C)n1. The van der Waals surface area contributed by atoms with Crippen LogP contribution in [0.5, 0.6) is 0 Å². The lowest BCUT2D eigenvalue weighted by atomic mass is 10.1. The fraction of sp³-hybridized carbons (Fsp3) is 0.333. The van der Waals surface area contributed by atoms with E-state index in [1.54, 1.807) is 19.1 Å². The van der Waals surface area contributed by atoms with Gasteiger partial charge in [-0.15, -0.1) is 0 Å². The number of aromatic nitrogens is 4. The predicted molar refractivity (Wildman–Crippen MR) is 150 cm³/mol. The maximum absolute atomic E-state index is 11.9. The molecule has 0 aliphatic rings. The fourth-order valence-corrected chi connectivity index (χ4v) is 3.84. The Kier molecular flexibility index (Phi) is 8.56. The van der Waals surface area contributed by atoms with Gasteiger partial charge < -0.3 is 10.5 Å². The molecule has 0 aliphatic carbocycles. The first-order valence-corrected chi connectivity index (χ1v) is 12.6. The van der Waals surface area contributed by atoms with Crippen molar-refractivity contribution in [2.75, 3.05) is 6.61 Å². The number of amides is 1. The monoisotopic (exact) mass is 515 g/mol. The van der Waals surface area contributed by atoms with Gasteiger partial charge in [-0.1, -0.05) is 60.7 Å². The van der Waals surface area contributed by atoms with Gasteiger partial charge in [0.1, 0.15) is 0 Å². The van der Waals surface area contributed by atoms with Crippen LogP contribution in [0.4, 0.5) is 0 Å². The van der Waals surface area contributed by atoms with Gasteiger partial charge in [-0.3, -0.25) is 14.2 Å². The maximum atomic E-state index is 11.9. The molecule has 0 bridgehead atoms. The van der Waals surface area contributed by atoms with Crippen molar-refractivity contribution in [2.45, 2.75) is 59.5 Å². The summed E-state index contributed by atoms with van der Waals surface area (Å²) in [5.41, 5.74) is 9.39. The van der Waals surface area contributed by atoms with E-state index in [4.69, 9.17) is 10.5 Å². The van der Waals surface area contributed by atoms with E-state index >= 15 is 0 Å². The number of hydrogen-bond donors (Lipinski definition) is 1. The van der Waals surface area contributed by atoms with E-state index in [9.17, 15) is 9.59 Å². The largest absolute Gasteiger partial charge is 0.461 e. The molecule has 4 rings (SSSR count). The van der Waals surface area contributed by atoms with Crippen molar-refractivity contribution in [1.82, 2.24) is 19.6 Å². The number of esters is 1. The first-order valence-electron chi connectivity index (χ1n) is 12.6. The summed E-state index contributed by atoms with van der Waals surface area (Å²) in [6.45, 7) is 14.4. The van der Waals surface area contributed by atoms with Crippen LogP contribution in [0, 0.1) is 0 Å². The van der Waals surface area contributed by atoms with Crippen molar-refractivity contribution < 1.29 is 14.3 Å². The van der Waals surface area contributed by atoms with Crippen molar-refractivity contribution in [2.24, 2.45) is 5.73 Å². The molecule has 0 fully saturated rings. The lowest BCUT2D eigenvalue weighted by molar-refractivity contribution is 0.0517. The zero-order valence-electron chi connectivity index (χ0n) is 23.2. The van der Waals surface area contributed by atoms with Crippen LogP contribution < -0.4 is 5.73 Å². The highest BCUT2D eigenvalue weighted by Gasteiger charge is 2.24. The second-order valence-electron chi connectivity index (χ2n) is 10.8. The summed E-state index contributed by atoms with van der Waals surface area (Å²) in [6, 6.07) is 23.3. The third-order valence-corrected chi connectivity index (χ3v) is 5.57. The Balaban J connectivity index is 0.000000212. The summed E-state index contributed by atoms with van der Waals surface area (Å²) in [5.74, 6) is -0.886. The van der Waals surface area contributed by atoms with E-state index in [1.807, 2.05) is 90.8 Å². The molecule has 2 N–H and O–H groups in total. The molecule has 0 saturated heterocycles. The van der Waals surface area contributed by atoms with Crippen LogP contribution in [-0.2, 0) is 15.8 Å². The van der Waals surface area contributed by atoms with E-state index in [2.05, 4.69) is 31.0 Å². The molecule has 8 heteroatoms. The van der Waals surface area contributed by atoms with Crippen LogP contribution in [-0.4, -0.2) is 38.0 Å². The van der Waals surface area contributed by atoms with Gasteiger partial charge in [0.15, 0.2) is 11.4 Å². The minimum atomic E-state index is -0.504. The molecule has 0 spiro atoms. The summed E-state index contributed by atoms with van der Waals surface area (Å²) >= 11 is 0. The average Bonchev–Trinajstić information content (AvgIpc) is 3.52. The summed E-state index contributed by atoms with van der Waals surface area (Å²) in [7, 11) is 0. The molecule has 4 aromatic rings. The van der Waals surface area contributed by atoms with E-state index in [0.29, 0.717) is 18.0 Å². The van der Waals surface area contributed by atoms with Gasteiger partial charge >= 0.3 is 5.97 Å². The number of carbonyl (C=O) groups is 2. The van der Waals surface area contributed by atoms with Gasteiger partial charge in [0.05, 0.1) is 29.1 Å². The van der Waals surface area contributed by atoms with E-state index in [-0.39, 0.29) is 17.0 Å². The summed E-state index contributed by atoms with van der Waals surface area (Å²) < 4.78 is 8.74. The minimum absolute atomic E-state index is 0.209. The number of ether oxygens (including phenoxy) is 1. The van der Waals surface area contributed by atoms with Crippen molar-refractivity contribution in [3.05, 3.63) is 84.2 Å². The average molecular weight is 516 g/mol. The topological polar surface area (TPSA) is 105 Å². The van der Waals surface area contributed by atoms with Gasteiger partial charge in [0.2, 0.25) is 0 Å². The minimum Gasteiger partial charge on any atom is -0.461 e. The van der Waals surface area contributed by atoms with Gasteiger partial charge in [-0.25, -0.2) is 4.79 Å². The molecule has 1 amide bonds. The molecule has 2 aromatic carbocycles. The van der Waals surface area contributed by atoms with E-state index in [0.717, 1.165) is 22.5 Å². The summed E-state index contributed by atoms with van der Waals surface area (Å²) in [6.07, 6.45) is 0. The van der Waals surface area contributed by atoms with Crippen molar-refractivity contribution in [1.29, 1.82) is 0 Å². The molecule has 0 radical (unpaired) electrons. The third-order valence-electron chi connectivity index (χ3n) is 5.57. The van der Waals surface area contributed by atoms with E-state index < -0.39 is 5.91 Å². The second-order valence-corrected chi connectivity index (χ2v) is 10.8. The molecule has 2 heterocycles. The summed E-state index contributed by atoms with van der Waals surface area (Å²) in [4.78, 5) is 23.1. The number of benzene rings is 2. The second kappa shape index (κ2) is 11.5. The van der Waals surface area contributed by atoms with E-state index in [1.165, 1.54) is 0 Å². The molecule has 0 saturated carbocycles. The fourth-order valence-electron chi connectivity index (χ4n) is 3.84. The van der Waals surface area contributed by atoms with Crippen LogP contribution >= 0.6 is 0 Å². The Morgan fingerprint density at radius 3 is 1.50 bits per heavy atom. The standard InChI is InChI=1S/C16H20N2O2.C14H17N3O/c1-5-20-15(19)13-11-14(12-9-7-6-8-10-12)18(17-13)16(2,3)4;1-14(2,3)17-12(9-11(16-17)13(15)18)10-7-5-4-6-8-10/h6-11H,5H2,1-4H3;4-9H,1-3H3,(H2,15,18). The highest BCUT2D eigenvalue weighted by Crippen LogP contribution is 2.27. The number of hydrogen-bond acceptors (Lipinski definition) is 5. The molecule has 0 aliphatic heterocycles. The molecule has 0 atom stereocenters. The van der Waals surface area contributed by atoms with Gasteiger partial charge in [0, 0.05) is 0 Å². The van der Waals surface area contributed by atoms with Crippen LogP contribution in [0.25, 0.3) is 22.5 Å². The quantitative estimate of drug-likeness (QED) is 0.334. The molecule has 2 aromatic heterocycles. The number of nitrogens with two attached hydrogens (primary N) is 1. The Labute approximate surface area is 224 Å². The van der Waals surface area contributed by atoms with Crippen molar-refractivity contribution in [3.8, 4) is 22.5 Å². The first-order chi connectivity index (χ1) is 17.8. The van der Waals surface area contributed by atoms with Crippen LogP contribution in [0.15, 0.2) is 72.8 Å². The summed E-state index contributed by atoms with van der Waals surface area (Å²) in [5, 5.41) is 8.72. The predicted octanol–water partition coefficient (Wildman–Crippen LogP) is 5.89. The lowest BCUT2D eigenvalue weighted by Crippen LogP contribution is -2.25. The zero-order chi connectivity index (χ0) is 28.1. The zero-order valence-corrected chi connectivity index (χ0v) is 23.2. The Hall–Kier alpha value is -4.20. The maximum Gasteiger partial charge on any atom is 0.358 e. The lowest BCUT2D eigenvalue weighted by Gasteiger charge is -2.22. The van der Waals surface area contributed by atoms with Crippen molar-refractivity contribution in [3.63, 3.8) is 0 Å². The Morgan fingerprint density at radius 1 is 0.737 bits per heavy atom. The Morgan fingerprint density at radius 2 is 1.13 bits per heavy atom. The Bertz CT molecular complexity index is 1380. The van der Waals surface area contributed by atoms with Crippen molar-refractivity contribution >= 4 is 11.9 Å². The highest BCUT2D eigenvalue weighted by molar-refractivity contribution is 5.92. The molecular weight excluding hydrogens is 478 g/mol. The number of rotatable bonds is 5. The number of carbonyl (C=O) groups excluding carboxylic acids is 2. The van der Waals surface area contributed by atoms with Gasteiger partial charge in [0.25, 0.3) is 5.91 Å². The number of primary amides is 1. The molecule has 200 valence electrons. The molecule has 0 unspecified atom stereocenters. The normalized spacial score (nSPS) is 11.4. The highest BCUT2D eigenvalue weighted by atomic mass is 16.5. The van der Waals surface area contributed by atoms with Crippen LogP contribution in [0.1, 0.15) is 69.4 Å². The smallest absolute Gasteiger partial charge is 0.358 e. The van der Waals surface area contributed by atoms with Crippen LogP contribution in [0.3, 0.4) is 0 Å². The number of nitrogens with zero attached hydrogens (tertiary/aromatic N) is 4.